The van der Waals surface area contributed by atoms with Crippen molar-refractivity contribution in [1.29, 1.82) is 0 Å². The first-order chi connectivity index (χ1) is 7.25. The quantitative estimate of drug-likeness (QED) is 0.695. The standard InChI is InChI=1S/C11H17N3O/c1-8(2)9-4-3-5-10(6-9)15-11-7-12-14-13-11/h3-6,8,11-14H,7H2,1-2H3. The number of ether oxygens (including phenoxy) is 1. The van der Waals surface area contributed by atoms with E-state index in [0.717, 1.165) is 12.3 Å². The van der Waals surface area contributed by atoms with Crippen LogP contribution >= 0.6 is 0 Å². The molecule has 0 aromatic heterocycles. The van der Waals surface area contributed by atoms with E-state index in [1.54, 1.807) is 0 Å². The number of hydrogen-bond acceptors (Lipinski definition) is 4. The molecule has 0 spiro atoms. The summed E-state index contributed by atoms with van der Waals surface area (Å²) in [6, 6.07) is 8.22. The first kappa shape index (κ1) is 10.4. The number of rotatable bonds is 3. The summed E-state index contributed by atoms with van der Waals surface area (Å²) >= 11 is 0. The van der Waals surface area contributed by atoms with E-state index in [4.69, 9.17) is 4.74 Å². The van der Waals surface area contributed by atoms with Gasteiger partial charge in [0.25, 0.3) is 0 Å². The minimum absolute atomic E-state index is 0.00703. The van der Waals surface area contributed by atoms with E-state index in [1.165, 1.54) is 5.56 Å². The van der Waals surface area contributed by atoms with E-state index in [0.29, 0.717) is 5.92 Å². The van der Waals surface area contributed by atoms with Crippen molar-refractivity contribution in [2.45, 2.75) is 26.0 Å². The van der Waals surface area contributed by atoms with Gasteiger partial charge in [-0.15, -0.1) is 0 Å². The summed E-state index contributed by atoms with van der Waals surface area (Å²) in [5.41, 5.74) is 10.0. The maximum atomic E-state index is 5.73. The van der Waals surface area contributed by atoms with Gasteiger partial charge in [0.2, 0.25) is 0 Å². The molecular formula is C11H17N3O. The monoisotopic (exact) mass is 207 g/mol. The molecule has 1 saturated heterocycles. The molecule has 1 aliphatic rings. The van der Waals surface area contributed by atoms with Gasteiger partial charge in [0.05, 0.1) is 6.54 Å². The Bertz CT molecular complexity index is 321. The highest BCUT2D eigenvalue weighted by molar-refractivity contribution is 5.30. The second kappa shape index (κ2) is 4.61. The highest BCUT2D eigenvalue weighted by Gasteiger charge is 2.14. The summed E-state index contributed by atoms with van der Waals surface area (Å²) in [6.07, 6.45) is -0.00703. The molecule has 0 aliphatic carbocycles. The van der Waals surface area contributed by atoms with Crippen LogP contribution in [0.25, 0.3) is 0 Å². The summed E-state index contributed by atoms with van der Waals surface area (Å²) in [7, 11) is 0. The molecule has 1 aromatic rings. The smallest absolute Gasteiger partial charge is 0.177 e. The first-order valence-corrected chi connectivity index (χ1v) is 5.26. The van der Waals surface area contributed by atoms with E-state index in [1.807, 2.05) is 12.1 Å². The Morgan fingerprint density at radius 2 is 2.27 bits per heavy atom. The van der Waals surface area contributed by atoms with Gasteiger partial charge in [0.1, 0.15) is 5.75 Å². The van der Waals surface area contributed by atoms with Crippen molar-refractivity contribution in [3.8, 4) is 5.75 Å². The Morgan fingerprint density at radius 3 is 2.93 bits per heavy atom. The maximum absolute atomic E-state index is 5.73. The van der Waals surface area contributed by atoms with Crippen LogP contribution < -0.4 is 21.1 Å². The van der Waals surface area contributed by atoms with Gasteiger partial charge < -0.3 is 4.74 Å². The van der Waals surface area contributed by atoms with Crippen molar-refractivity contribution in [3.05, 3.63) is 29.8 Å². The van der Waals surface area contributed by atoms with Crippen LogP contribution in [0.2, 0.25) is 0 Å². The van der Waals surface area contributed by atoms with E-state index in [2.05, 4.69) is 42.4 Å². The van der Waals surface area contributed by atoms with Crippen molar-refractivity contribution in [1.82, 2.24) is 16.4 Å². The highest BCUT2D eigenvalue weighted by Crippen LogP contribution is 2.20. The van der Waals surface area contributed by atoms with Crippen LogP contribution in [0.15, 0.2) is 24.3 Å². The second-order valence-corrected chi connectivity index (χ2v) is 3.98. The van der Waals surface area contributed by atoms with E-state index < -0.39 is 0 Å². The SMILES string of the molecule is CC(C)c1cccc(OC2CNNN2)c1. The minimum atomic E-state index is -0.00703. The van der Waals surface area contributed by atoms with E-state index >= 15 is 0 Å². The molecule has 2 rings (SSSR count). The van der Waals surface area contributed by atoms with Crippen molar-refractivity contribution in [3.63, 3.8) is 0 Å². The molecule has 0 bridgehead atoms. The number of nitrogens with one attached hydrogen (secondary N) is 3. The molecule has 1 aromatic carbocycles. The lowest BCUT2D eigenvalue weighted by atomic mass is 10.0. The first-order valence-electron chi connectivity index (χ1n) is 5.26. The fraction of sp³-hybridized carbons (Fsp3) is 0.455. The Labute approximate surface area is 90.0 Å². The van der Waals surface area contributed by atoms with Crippen LogP contribution in [-0.4, -0.2) is 12.8 Å². The minimum Gasteiger partial charge on any atom is -0.473 e. The number of hydrazine groups is 2. The second-order valence-electron chi connectivity index (χ2n) is 3.98. The van der Waals surface area contributed by atoms with Crippen molar-refractivity contribution >= 4 is 0 Å². The van der Waals surface area contributed by atoms with Gasteiger partial charge in [-0.05, 0) is 23.6 Å². The Morgan fingerprint density at radius 1 is 1.40 bits per heavy atom. The molecule has 82 valence electrons. The average Bonchev–Trinajstić information content (AvgIpc) is 2.71. The Balaban J connectivity index is 2.04. The molecule has 1 unspecified atom stereocenters. The van der Waals surface area contributed by atoms with Crippen LogP contribution in [0.5, 0.6) is 5.75 Å². The lowest BCUT2D eigenvalue weighted by Crippen LogP contribution is -2.36. The van der Waals surface area contributed by atoms with E-state index in [9.17, 15) is 0 Å². The molecule has 0 radical (unpaired) electrons. The van der Waals surface area contributed by atoms with Crippen molar-refractivity contribution in [2.24, 2.45) is 0 Å². The Hall–Kier alpha value is -1.10. The zero-order valence-electron chi connectivity index (χ0n) is 9.08. The summed E-state index contributed by atoms with van der Waals surface area (Å²) in [5, 5.41) is 0. The van der Waals surface area contributed by atoms with E-state index in [-0.39, 0.29) is 6.23 Å². The molecule has 1 heterocycles. The molecule has 1 fully saturated rings. The molecule has 1 atom stereocenters. The third-order valence-electron chi connectivity index (χ3n) is 2.41. The predicted octanol–water partition coefficient (Wildman–Crippen LogP) is 1.13. The van der Waals surface area contributed by atoms with Crippen LogP contribution in [0.1, 0.15) is 25.3 Å². The largest absolute Gasteiger partial charge is 0.473 e. The van der Waals surface area contributed by atoms with Gasteiger partial charge in [-0.1, -0.05) is 26.0 Å². The highest BCUT2D eigenvalue weighted by atomic mass is 16.5. The molecule has 4 nitrogen and oxygen atoms in total. The summed E-state index contributed by atoms with van der Waals surface area (Å²) in [6.45, 7) is 5.11. The average molecular weight is 207 g/mol. The van der Waals surface area contributed by atoms with Gasteiger partial charge in [0, 0.05) is 0 Å². The van der Waals surface area contributed by atoms with Crippen LogP contribution in [0.4, 0.5) is 0 Å². The fourth-order valence-corrected chi connectivity index (χ4v) is 1.51. The lowest BCUT2D eigenvalue weighted by Gasteiger charge is -2.13. The van der Waals surface area contributed by atoms with Crippen molar-refractivity contribution in [2.75, 3.05) is 6.54 Å². The topological polar surface area (TPSA) is 45.3 Å². The van der Waals surface area contributed by atoms with Gasteiger partial charge in [-0.3, -0.25) is 0 Å². The molecule has 0 saturated carbocycles. The van der Waals surface area contributed by atoms with Crippen LogP contribution in [-0.2, 0) is 0 Å². The van der Waals surface area contributed by atoms with Crippen LogP contribution in [0, 0.1) is 0 Å². The van der Waals surface area contributed by atoms with Gasteiger partial charge in [-0.25, -0.2) is 10.9 Å². The molecule has 1 aliphatic heterocycles. The summed E-state index contributed by atoms with van der Waals surface area (Å²) in [4.78, 5) is 0. The van der Waals surface area contributed by atoms with Crippen LogP contribution in [0.3, 0.4) is 0 Å². The molecule has 3 N–H and O–H groups in total. The number of hydrogen-bond donors (Lipinski definition) is 3. The third-order valence-corrected chi connectivity index (χ3v) is 2.41. The fourth-order valence-electron chi connectivity index (χ4n) is 1.51. The normalized spacial score (nSPS) is 20.9. The number of benzene rings is 1. The maximum Gasteiger partial charge on any atom is 0.177 e. The zero-order valence-corrected chi connectivity index (χ0v) is 9.08. The van der Waals surface area contributed by atoms with Crippen molar-refractivity contribution < 1.29 is 4.74 Å². The van der Waals surface area contributed by atoms with Gasteiger partial charge in [-0.2, -0.15) is 5.53 Å². The summed E-state index contributed by atoms with van der Waals surface area (Å²) < 4.78 is 5.73. The third kappa shape index (κ3) is 2.68. The molecule has 0 amide bonds. The predicted molar refractivity (Wildman–Crippen MR) is 59.2 cm³/mol. The summed E-state index contributed by atoms with van der Waals surface area (Å²) in [5.74, 6) is 1.44. The lowest BCUT2D eigenvalue weighted by molar-refractivity contribution is 0.191. The zero-order chi connectivity index (χ0) is 10.7. The van der Waals surface area contributed by atoms with Gasteiger partial charge >= 0.3 is 0 Å². The molecule has 15 heavy (non-hydrogen) atoms. The Kier molecular flexibility index (Phi) is 3.20. The molecular weight excluding hydrogens is 190 g/mol. The molecule has 4 heteroatoms. The van der Waals surface area contributed by atoms with Gasteiger partial charge in [0.15, 0.2) is 6.23 Å².